The van der Waals surface area contributed by atoms with Crippen molar-refractivity contribution < 1.29 is 33.3 Å². The lowest BCUT2D eigenvalue weighted by atomic mass is 10.1. The van der Waals surface area contributed by atoms with E-state index >= 15 is 0 Å². The average molecular weight is 514 g/mol. The highest BCUT2D eigenvalue weighted by Crippen LogP contribution is 2.31. The Morgan fingerprint density at radius 1 is 0.656 bits per heavy atom. The van der Waals surface area contributed by atoms with E-state index in [1.165, 1.54) is 0 Å². The third kappa shape index (κ3) is 7.69. The Labute approximate surface area is 196 Å². The smallest absolute Gasteiger partial charge is 0.222 e. The fourth-order valence-electron chi connectivity index (χ4n) is 2.92. The molecular weight excluding hydrogens is 496 g/mol. The van der Waals surface area contributed by atoms with Crippen molar-refractivity contribution in [1.29, 1.82) is 0 Å². The second kappa shape index (κ2) is 11.2. The summed E-state index contributed by atoms with van der Waals surface area (Å²) in [5.41, 5.74) is 4.33. The molecule has 0 unspecified atom stereocenters. The number of rotatable bonds is 4. The van der Waals surface area contributed by atoms with E-state index in [9.17, 15) is 0 Å². The molecule has 0 aliphatic carbocycles. The monoisotopic (exact) mass is 512 g/mol. The first kappa shape index (κ1) is 23.8. The lowest BCUT2D eigenvalue weighted by molar-refractivity contribution is -2.00. The van der Waals surface area contributed by atoms with Gasteiger partial charge in [0.2, 0.25) is 0 Å². The zero-order chi connectivity index (χ0) is 23.0. The van der Waals surface area contributed by atoms with Crippen LogP contribution in [0.5, 0.6) is 0 Å². The molecule has 5 nitrogen and oxygen atoms in total. The summed E-state index contributed by atoms with van der Waals surface area (Å²) in [4.78, 5) is 0. The SMILES string of the molecule is Br/C(=C\c1cc(-c2ccccc2)[o+]c(-c2ccccc2)c1)c1ccccc1.[O-][Cl+3]([O-])([O-])[O-]. The molecule has 1 aromatic heterocycles. The molecule has 0 aliphatic rings. The number of hydrogen-bond donors (Lipinski definition) is 0. The molecule has 0 saturated carbocycles. The van der Waals surface area contributed by atoms with Gasteiger partial charge in [0, 0.05) is 4.48 Å². The van der Waals surface area contributed by atoms with Crippen LogP contribution in [0.4, 0.5) is 0 Å². The van der Waals surface area contributed by atoms with Crippen molar-refractivity contribution in [3.05, 3.63) is 114 Å². The van der Waals surface area contributed by atoms with E-state index in [4.69, 9.17) is 23.1 Å². The first-order valence-corrected chi connectivity index (χ1v) is 11.5. The van der Waals surface area contributed by atoms with Gasteiger partial charge in [-0.3, -0.25) is 0 Å². The summed E-state index contributed by atoms with van der Waals surface area (Å²) in [5, 5.41) is 0. The molecule has 3 aromatic carbocycles. The summed E-state index contributed by atoms with van der Waals surface area (Å²) >= 11 is 3.71. The maximum absolute atomic E-state index is 8.49. The predicted molar refractivity (Wildman–Crippen MR) is 117 cm³/mol. The van der Waals surface area contributed by atoms with Crippen LogP contribution in [-0.2, 0) is 0 Å². The molecule has 0 radical (unpaired) electrons. The highest BCUT2D eigenvalue weighted by atomic mass is 79.9. The molecule has 0 fully saturated rings. The molecule has 0 amide bonds. The van der Waals surface area contributed by atoms with Crippen molar-refractivity contribution in [3.8, 4) is 22.6 Å². The Hall–Kier alpha value is -2.84. The fraction of sp³-hybridized carbons (Fsp3) is 0. The largest absolute Gasteiger partial charge is 0.361 e. The Morgan fingerprint density at radius 2 is 1.03 bits per heavy atom. The van der Waals surface area contributed by atoms with Crippen LogP contribution < -0.4 is 18.6 Å². The fourth-order valence-corrected chi connectivity index (χ4v) is 3.45. The molecule has 0 N–H and O–H groups in total. The van der Waals surface area contributed by atoms with Gasteiger partial charge in [0.05, 0.1) is 23.3 Å². The van der Waals surface area contributed by atoms with Gasteiger partial charge in [-0.1, -0.05) is 82.7 Å². The molecule has 7 heteroatoms. The molecule has 162 valence electrons. The van der Waals surface area contributed by atoms with Gasteiger partial charge in [-0.25, -0.2) is 23.1 Å². The minimum Gasteiger partial charge on any atom is -0.222 e. The van der Waals surface area contributed by atoms with Crippen molar-refractivity contribution in [3.63, 3.8) is 0 Å². The molecule has 0 saturated heterocycles. The Bertz CT molecular complexity index is 1100. The first-order chi connectivity index (χ1) is 15.3. The quantitative estimate of drug-likeness (QED) is 0.390. The Balaban J connectivity index is 0.000000523. The van der Waals surface area contributed by atoms with Gasteiger partial charge in [-0.05, 0) is 41.5 Å². The van der Waals surface area contributed by atoms with Crippen LogP contribution in [-0.4, -0.2) is 0 Å². The Morgan fingerprint density at radius 3 is 1.44 bits per heavy atom. The lowest BCUT2D eigenvalue weighted by Gasteiger charge is -2.17. The maximum atomic E-state index is 8.49. The molecule has 0 aliphatic heterocycles. The summed E-state index contributed by atoms with van der Waals surface area (Å²) in [5.74, 6) is 1.69. The van der Waals surface area contributed by atoms with Crippen LogP contribution in [0.15, 0.2) is 108 Å². The third-order valence-corrected chi connectivity index (χ3v) is 4.96. The van der Waals surface area contributed by atoms with E-state index in [0.717, 1.165) is 38.3 Å². The molecule has 4 aromatic rings. The summed E-state index contributed by atoms with van der Waals surface area (Å²) < 4.78 is 41.2. The molecule has 0 atom stereocenters. The molecule has 4 rings (SSSR count). The van der Waals surface area contributed by atoms with Crippen molar-refractivity contribution >= 4 is 26.5 Å². The summed E-state index contributed by atoms with van der Waals surface area (Å²) in [6, 6.07) is 34.8. The van der Waals surface area contributed by atoms with Crippen LogP contribution in [0, 0.1) is 10.2 Å². The number of halogens is 2. The van der Waals surface area contributed by atoms with Gasteiger partial charge >= 0.3 is 11.5 Å². The second-order valence-electron chi connectivity index (χ2n) is 6.59. The van der Waals surface area contributed by atoms with E-state index < -0.39 is 10.2 Å². The van der Waals surface area contributed by atoms with Gasteiger partial charge < -0.3 is 0 Å². The molecule has 32 heavy (non-hydrogen) atoms. The summed E-state index contributed by atoms with van der Waals surface area (Å²) in [7, 11) is -4.94. The minimum atomic E-state index is -4.94. The minimum absolute atomic E-state index is 0.844. The standard InChI is InChI=1S/C25H18BrO.ClHO4/c26-23(20-10-4-1-5-11-20)16-19-17-24(21-12-6-2-7-13-21)27-25(18-19)22-14-8-3-9-15-22;2-1(3,4)5/h1-18H;(H,2,3,4,5)/q+1;/p-1/b23-16-;. The van der Waals surface area contributed by atoms with E-state index in [-0.39, 0.29) is 0 Å². The van der Waals surface area contributed by atoms with Crippen LogP contribution in [0.3, 0.4) is 0 Å². The van der Waals surface area contributed by atoms with E-state index in [0.29, 0.717) is 0 Å². The van der Waals surface area contributed by atoms with Crippen molar-refractivity contribution in [2.24, 2.45) is 0 Å². The van der Waals surface area contributed by atoms with Crippen molar-refractivity contribution in [2.75, 3.05) is 0 Å². The normalized spacial score (nSPS) is 11.5. The predicted octanol–water partition coefficient (Wildman–Crippen LogP) is 3.03. The van der Waals surface area contributed by atoms with Gasteiger partial charge in [0.1, 0.15) is 0 Å². The molecule has 0 spiro atoms. The van der Waals surface area contributed by atoms with E-state index in [1.807, 2.05) is 54.6 Å². The van der Waals surface area contributed by atoms with Gasteiger partial charge in [0.15, 0.2) is 0 Å². The number of hydrogen-bond acceptors (Lipinski definition) is 4. The van der Waals surface area contributed by atoms with Gasteiger partial charge in [-0.2, -0.15) is 0 Å². The second-order valence-corrected chi connectivity index (χ2v) is 8.20. The summed E-state index contributed by atoms with van der Waals surface area (Å²) in [6.45, 7) is 0. The summed E-state index contributed by atoms with van der Waals surface area (Å²) in [6.07, 6.45) is 2.13. The van der Waals surface area contributed by atoms with Crippen LogP contribution in [0.25, 0.3) is 33.2 Å². The zero-order valence-corrected chi connectivity index (χ0v) is 19.0. The average Bonchev–Trinajstić information content (AvgIpc) is 2.79. The highest BCUT2D eigenvalue weighted by Gasteiger charge is 2.19. The molecular formula is C25H18BrClO5. The van der Waals surface area contributed by atoms with Crippen LogP contribution in [0.2, 0.25) is 0 Å². The lowest BCUT2D eigenvalue weighted by Crippen LogP contribution is -2.68. The van der Waals surface area contributed by atoms with E-state index in [1.54, 1.807) is 0 Å². The van der Waals surface area contributed by atoms with Gasteiger partial charge in [-0.15, -0.1) is 10.2 Å². The van der Waals surface area contributed by atoms with Crippen molar-refractivity contribution in [1.82, 2.24) is 0 Å². The van der Waals surface area contributed by atoms with Crippen LogP contribution >= 0.6 is 15.9 Å². The molecule has 0 bridgehead atoms. The van der Waals surface area contributed by atoms with Crippen molar-refractivity contribution in [2.45, 2.75) is 0 Å². The Kier molecular flexibility index (Phi) is 8.30. The third-order valence-electron chi connectivity index (χ3n) is 4.28. The highest BCUT2D eigenvalue weighted by molar-refractivity contribution is 9.15. The number of benzene rings is 3. The van der Waals surface area contributed by atoms with Crippen LogP contribution in [0.1, 0.15) is 11.1 Å². The zero-order valence-electron chi connectivity index (χ0n) is 16.7. The first-order valence-electron chi connectivity index (χ1n) is 9.43. The maximum Gasteiger partial charge on any atom is 0.361 e. The van der Waals surface area contributed by atoms with E-state index in [2.05, 4.69) is 70.5 Å². The topological polar surface area (TPSA) is 104 Å². The van der Waals surface area contributed by atoms with Gasteiger partial charge in [0.25, 0.3) is 0 Å². The molecule has 1 heterocycles.